The van der Waals surface area contributed by atoms with Gasteiger partial charge in [0.05, 0.1) is 11.8 Å². The van der Waals surface area contributed by atoms with Crippen molar-refractivity contribution in [3.8, 4) is 0 Å². The third kappa shape index (κ3) is 5.22. The number of isothiocyanates is 1. The van der Waals surface area contributed by atoms with E-state index in [-0.39, 0.29) is 6.61 Å². The molecule has 0 unspecified atom stereocenters. The molecule has 1 aliphatic heterocycles. The minimum atomic E-state index is -1.08. The van der Waals surface area contributed by atoms with Crippen LogP contribution < -0.4 is 0 Å². The number of nitrogens with zero attached hydrogens (tertiary/aromatic N) is 1. The van der Waals surface area contributed by atoms with Gasteiger partial charge in [-0.25, -0.2) is 0 Å². The fourth-order valence-corrected chi connectivity index (χ4v) is 1.99. The van der Waals surface area contributed by atoms with E-state index in [1.54, 1.807) is 0 Å². The molecule has 0 radical (unpaired) electrons. The van der Waals surface area contributed by atoms with E-state index in [9.17, 15) is 14.4 Å². The summed E-state index contributed by atoms with van der Waals surface area (Å²) in [7, 11) is 0. The minimum absolute atomic E-state index is 0.0829. The van der Waals surface area contributed by atoms with Crippen LogP contribution in [0.15, 0.2) is 4.99 Å². The zero-order chi connectivity index (χ0) is 16.0. The van der Waals surface area contributed by atoms with Gasteiger partial charge in [-0.2, -0.15) is 4.99 Å². The summed E-state index contributed by atoms with van der Waals surface area (Å²) in [6, 6.07) is 0. The van der Waals surface area contributed by atoms with Crippen LogP contribution in [-0.2, 0) is 33.3 Å². The largest absolute Gasteiger partial charge is 0.456 e. The van der Waals surface area contributed by atoms with Crippen LogP contribution >= 0.6 is 12.2 Å². The van der Waals surface area contributed by atoms with Gasteiger partial charge < -0.3 is 18.9 Å². The van der Waals surface area contributed by atoms with E-state index in [1.807, 2.05) is 0 Å². The van der Waals surface area contributed by atoms with Crippen LogP contribution in [-0.4, -0.2) is 54.2 Å². The van der Waals surface area contributed by atoms with E-state index in [2.05, 4.69) is 22.4 Å². The predicted octanol–water partition coefficient (Wildman–Crippen LogP) is 0.241. The summed E-state index contributed by atoms with van der Waals surface area (Å²) < 4.78 is 20.5. The highest BCUT2D eigenvalue weighted by molar-refractivity contribution is 7.78. The molecule has 0 aliphatic carbocycles. The van der Waals surface area contributed by atoms with Crippen molar-refractivity contribution < 1.29 is 33.3 Å². The zero-order valence-corrected chi connectivity index (χ0v) is 12.5. The van der Waals surface area contributed by atoms with Gasteiger partial charge in [0, 0.05) is 20.8 Å². The van der Waals surface area contributed by atoms with E-state index in [4.69, 9.17) is 18.9 Å². The number of hydrogen-bond donors (Lipinski definition) is 0. The van der Waals surface area contributed by atoms with Gasteiger partial charge in [-0.3, -0.25) is 14.4 Å². The van der Waals surface area contributed by atoms with Gasteiger partial charge in [0.1, 0.15) is 0 Å². The first-order valence-electron chi connectivity index (χ1n) is 6.05. The van der Waals surface area contributed by atoms with E-state index >= 15 is 0 Å². The Bertz CT molecular complexity index is 474. The molecule has 1 rings (SSSR count). The topological polar surface area (TPSA) is 100 Å². The molecule has 0 saturated carbocycles. The second kappa shape index (κ2) is 7.82. The average Bonchev–Trinajstić information content (AvgIpc) is 2.35. The maximum absolute atomic E-state index is 11.2. The highest BCUT2D eigenvalue weighted by Gasteiger charge is 2.46. The zero-order valence-electron chi connectivity index (χ0n) is 11.7. The first-order chi connectivity index (χ1) is 9.85. The Balaban J connectivity index is 3.05. The Labute approximate surface area is 126 Å². The maximum Gasteiger partial charge on any atom is 0.303 e. The molecule has 0 aromatic rings. The number of ether oxygens (including phenoxy) is 4. The van der Waals surface area contributed by atoms with Crippen molar-refractivity contribution >= 4 is 35.3 Å². The molecular weight excluding hydrogens is 302 g/mol. The SMILES string of the molecule is CC(=O)O[C@@H]1[C@@H](OC(C)=O)[C@H](N=C=S)OC[C@@H]1OC(C)=O. The fourth-order valence-electron chi connectivity index (χ4n) is 1.89. The average molecular weight is 317 g/mol. The number of thiocarbonyl (C=S) groups is 1. The number of hydrogen-bond acceptors (Lipinski definition) is 9. The summed E-state index contributed by atoms with van der Waals surface area (Å²) in [5.74, 6) is -1.84. The van der Waals surface area contributed by atoms with Crippen molar-refractivity contribution in [1.29, 1.82) is 0 Å². The van der Waals surface area contributed by atoms with Crippen molar-refractivity contribution in [2.45, 2.75) is 45.3 Å². The molecule has 0 aromatic heterocycles. The monoisotopic (exact) mass is 317 g/mol. The summed E-state index contributed by atoms with van der Waals surface area (Å²) >= 11 is 4.49. The van der Waals surface area contributed by atoms with Gasteiger partial charge >= 0.3 is 17.9 Å². The second-order valence-corrected chi connectivity index (χ2v) is 4.42. The fraction of sp³-hybridized carbons (Fsp3) is 0.667. The molecule has 4 atom stereocenters. The quantitative estimate of drug-likeness (QED) is 0.314. The molecule has 1 aliphatic rings. The molecular formula is C12H15NO7S. The Kier molecular flexibility index (Phi) is 6.41. The first-order valence-corrected chi connectivity index (χ1v) is 6.46. The van der Waals surface area contributed by atoms with E-state index < -0.39 is 42.4 Å². The summed E-state index contributed by atoms with van der Waals surface area (Å²) in [6.07, 6.45) is -4.02. The number of esters is 3. The van der Waals surface area contributed by atoms with Crippen molar-refractivity contribution in [2.24, 2.45) is 4.99 Å². The predicted molar refractivity (Wildman–Crippen MR) is 71.4 cm³/mol. The summed E-state index contributed by atoms with van der Waals surface area (Å²) in [5.41, 5.74) is 0. The van der Waals surface area contributed by atoms with Crippen molar-refractivity contribution in [2.75, 3.05) is 6.61 Å². The third-order valence-electron chi connectivity index (χ3n) is 2.50. The van der Waals surface area contributed by atoms with Gasteiger partial charge in [-0.15, -0.1) is 0 Å². The molecule has 0 N–H and O–H groups in total. The van der Waals surface area contributed by atoms with Gasteiger partial charge in [0.2, 0.25) is 0 Å². The molecule has 0 amide bonds. The Hall–Kier alpha value is -1.83. The molecule has 0 bridgehead atoms. The van der Waals surface area contributed by atoms with Crippen LogP contribution in [0, 0.1) is 0 Å². The molecule has 1 heterocycles. The molecule has 1 fully saturated rings. The van der Waals surface area contributed by atoms with Gasteiger partial charge in [-0.1, -0.05) is 0 Å². The highest BCUT2D eigenvalue weighted by Crippen LogP contribution is 2.24. The van der Waals surface area contributed by atoms with Crippen molar-refractivity contribution in [3.05, 3.63) is 0 Å². The van der Waals surface area contributed by atoms with Gasteiger partial charge in [-0.05, 0) is 12.2 Å². The van der Waals surface area contributed by atoms with E-state index in [0.29, 0.717) is 0 Å². The van der Waals surface area contributed by atoms with E-state index in [0.717, 1.165) is 0 Å². The molecule has 9 heteroatoms. The van der Waals surface area contributed by atoms with Crippen LogP contribution in [0.2, 0.25) is 0 Å². The number of carbonyl (C=O) groups excluding carboxylic acids is 3. The lowest BCUT2D eigenvalue weighted by Gasteiger charge is -2.38. The highest BCUT2D eigenvalue weighted by atomic mass is 32.1. The van der Waals surface area contributed by atoms with Crippen LogP contribution in [0.3, 0.4) is 0 Å². The lowest BCUT2D eigenvalue weighted by molar-refractivity contribution is -0.224. The van der Waals surface area contributed by atoms with Crippen molar-refractivity contribution in [1.82, 2.24) is 0 Å². The Morgan fingerprint density at radius 3 is 2.05 bits per heavy atom. The van der Waals surface area contributed by atoms with Gasteiger partial charge in [0.25, 0.3) is 0 Å². The summed E-state index contributed by atoms with van der Waals surface area (Å²) in [6.45, 7) is 3.48. The molecule has 1 saturated heterocycles. The van der Waals surface area contributed by atoms with E-state index in [1.165, 1.54) is 20.8 Å². The lowest BCUT2D eigenvalue weighted by Crippen LogP contribution is -2.56. The molecule has 8 nitrogen and oxygen atoms in total. The van der Waals surface area contributed by atoms with Crippen LogP contribution in [0.25, 0.3) is 0 Å². The summed E-state index contributed by atoms with van der Waals surface area (Å²) in [4.78, 5) is 37.3. The standard InChI is InChI=1S/C12H15NO7S/c1-6(14)18-9-4-17-12(13-5-21)11(20-8(3)16)10(9)19-7(2)15/h9-12H,4H2,1-3H3/t9-,10-,11+,12+/m0/s1. The van der Waals surface area contributed by atoms with Crippen LogP contribution in [0.1, 0.15) is 20.8 Å². The summed E-state index contributed by atoms with van der Waals surface area (Å²) in [5, 5.41) is 2.11. The molecule has 0 spiro atoms. The number of aliphatic imine (C=N–C) groups is 1. The lowest BCUT2D eigenvalue weighted by atomic mass is 10.0. The smallest absolute Gasteiger partial charge is 0.303 e. The van der Waals surface area contributed by atoms with Crippen LogP contribution in [0.5, 0.6) is 0 Å². The first kappa shape index (κ1) is 17.2. The second-order valence-electron chi connectivity index (χ2n) is 4.24. The molecule has 21 heavy (non-hydrogen) atoms. The van der Waals surface area contributed by atoms with Gasteiger partial charge in [0.15, 0.2) is 24.5 Å². The Morgan fingerprint density at radius 2 is 1.57 bits per heavy atom. The Morgan fingerprint density at radius 1 is 1.05 bits per heavy atom. The number of rotatable bonds is 4. The van der Waals surface area contributed by atoms with Crippen LogP contribution in [0.4, 0.5) is 0 Å². The number of carbonyl (C=O) groups is 3. The molecule has 116 valence electrons. The maximum atomic E-state index is 11.2. The molecule has 0 aromatic carbocycles. The minimum Gasteiger partial charge on any atom is -0.456 e. The van der Waals surface area contributed by atoms with Crippen molar-refractivity contribution in [3.63, 3.8) is 0 Å². The third-order valence-corrected chi connectivity index (χ3v) is 2.61. The normalized spacial score (nSPS) is 28.0.